The van der Waals surface area contributed by atoms with E-state index in [0.717, 1.165) is 28.8 Å². The summed E-state index contributed by atoms with van der Waals surface area (Å²) in [5.74, 6) is -0.489. The van der Waals surface area contributed by atoms with E-state index in [1.165, 1.54) is 27.1 Å². The second-order valence-electron chi connectivity index (χ2n) is 7.35. The Bertz CT molecular complexity index is 1130. The Kier molecular flexibility index (Phi) is 5.19. The molecule has 1 aliphatic rings. The highest BCUT2D eigenvalue weighted by molar-refractivity contribution is 7.19. The van der Waals surface area contributed by atoms with Gasteiger partial charge in [-0.15, -0.1) is 11.3 Å². The first kappa shape index (κ1) is 19.3. The van der Waals surface area contributed by atoms with Crippen molar-refractivity contribution in [3.63, 3.8) is 0 Å². The van der Waals surface area contributed by atoms with Gasteiger partial charge in [0.25, 0.3) is 5.56 Å². The average molecular weight is 410 g/mol. The molecule has 2 amide bonds. The number of aryl methyl sites for hydroxylation is 1. The van der Waals surface area contributed by atoms with Crippen LogP contribution in [-0.4, -0.2) is 45.9 Å². The molecule has 2 aromatic heterocycles. The smallest absolute Gasteiger partial charge is 0.263 e. The Labute approximate surface area is 172 Å². The highest BCUT2D eigenvalue weighted by atomic mass is 32.1. The fourth-order valence-electron chi connectivity index (χ4n) is 3.27. The summed E-state index contributed by atoms with van der Waals surface area (Å²) in [5.41, 5.74) is 1.57. The molecule has 8 heteroatoms. The van der Waals surface area contributed by atoms with Gasteiger partial charge in [-0.1, -0.05) is 30.3 Å². The fraction of sp³-hybridized carbons (Fsp3) is 0.333. The quantitative estimate of drug-likeness (QED) is 0.675. The molecule has 0 saturated heterocycles. The zero-order valence-corrected chi connectivity index (χ0v) is 17.2. The van der Waals surface area contributed by atoms with Gasteiger partial charge in [0, 0.05) is 23.5 Å². The van der Waals surface area contributed by atoms with Crippen molar-refractivity contribution in [1.29, 1.82) is 0 Å². The number of aromatic nitrogens is 2. The van der Waals surface area contributed by atoms with Crippen molar-refractivity contribution in [3.8, 4) is 11.1 Å². The van der Waals surface area contributed by atoms with Crippen molar-refractivity contribution >= 4 is 33.4 Å². The number of hydrogen-bond donors (Lipinski definition) is 1. The Balaban J connectivity index is 1.59. The molecular formula is C21H22N4O3S. The van der Waals surface area contributed by atoms with E-state index in [4.69, 9.17) is 0 Å². The Hall–Kier alpha value is -3.00. The molecule has 7 nitrogen and oxygen atoms in total. The summed E-state index contributed by atoms with van der Waals surface area (Å²) in [5, 5.41) is 3.39. The highest BCUT2D eigenvalue weighted by Gasteiger charge is 2.24. The molecule has 0 spiro atoms. The van der Waals surface area contributed by atoms with Crippen LogP contribution in [0.15, 0.2) is 41.5 Å². The molecule has 0 unspecified atom stereocenters. The van der Waals surface area contributed by atoms with E-state index in [1.807, 2.05) is 37.3 Å². The van der Waals surface area contributed by atoms with Crippen molar-refractivity contribution in [1.82, 2.24) is 19.8 Å². The SMILES string of the molecule is Cc1sc2ncn(CC(=O)N(C)CC(=O)NC3CC3)c(=O)c2c1-c1ccccc1. The first-order valence-corrected chi connectivity index (χ1v) is 10.3. The minimum absolute atomic E-state index is 0.0212. The lowest BCUT2D eigenvalue weighted by atomic mass is 10.0. The van der Waals surface area contributed by atoms with Crippen molar-refractivity contribution in [2.45, 2.75) is 32.4 Å². The molecule has 150 valence electrons. The number of benzene rings is 1. The molecule has 0 atom stereocenters. The van der Waals surface area contributed by atoms with Gasteiger partial charge in [-0.25, -0.2) is 4.98 Å². The number of nitrogens with zero attached hydrogens (tertiary/aromatic N) is 3. The third-order valence-electron chi connectivity index (χ3n) is 4.97. The summed E-state index contributed by atoms with van der Waals surface area (Å²) in [6, 6.07) is 9.96. The Morgan fingerprint density at radius 3 is 2.69 bits per heavy atom. The number of carbonyl (C=O) groups excluding carboxylic acids is 2. The number of fused-ring (bicyclic) bond motifs is 1. The topological polar surface area (TPSA) is 84.3 Å². The lowest BCUT2D eigenvalue weighted by Gasteiger charge is -2.17. The fourth-order valence-corrected chi connectivity index (χ4v) is 4.28. The molecule has 1 saturated carbocycles. The Morgan fingerprint density at radius 1 is 1.28 bits per heavy atom. The summed E-state index contributed by atoms with van der Waals surface area (Å²) in [4.78, 5) is 45.0. The Morgan fingerprint density at radius 2 is 2.00 bits per heavy atom. The minimum Gasteiger partial charge on any atom is -0.352 e. The van der Waals surface area contributed by atoms with Crippen LogP contribution in [0.5, 0.6) is 0 Å². The summed E-state index contributed by atoms with van der Waals surface area (Å²) < 4.78 is 1.32. The predicted molar refractivity (Wildman–Crippen MR) is 113 cm³/mol. The monoisotopic (exact) mass is 410 g/mol. The molecule has 1 N–H and O–H groups in total. The van der Waals surface area contributed by atoms with E-state index in [2.05, 4.69) is 10.3 Å². The van der Waals surface area contributed by atoms with Gasteiger partial charge < -0.3 is 10.2 Å². The van der Waals surface area contributed by atoms with Gasteiger partial charge in [-0.05, 0) is 25.3 Å². The normalized spacial score (nSPS) is 13.4. The maximum Gasteiger partial charge on any atom is 0.263 e. The van der Waals surface area contributed by atoms with Crippen molar-refractivity contribution in [3.05, 3.63) is 51.9 Å². The predicted octanol–water partition coefficient (Wildman–Crippen LogP) is 2.17. The van der Waals surface area contributed by atoms with Crippen LogP contribution < -0.4 is 10.9 Å². The summed E-state index contributed by atoms with van der Waals surface area (Å²) in [7, 11) is 1.57. The van der Waals surface area contributed by atoms with E-state index < -0.39 is 0 Å². The summed E-state index contributed by atoms with van der Waals surface area (Å²) >= 11 is 1.47. The number of carbonyl (C=O) groups is 2. The first-order valence-electron chi connectivity index (χ1n) is 9.51. The second kappa shape index (κ2) is 7.79. The number of likely N-dealkylation sites (N-methyl/N-ethyl adjacent to an activating group) is 1. The molecule has 3 aromatic rings. The zero-order chi connectivity index (χ0) is 20.5. The van der Waals surface area contributed by atoms with Gasteiger partial charge in [-0.3, -0.25) is 19.0 Å². The molecular weight excluding hydrogens is 388 g/mol. The van der Waals surface area contributed by atoms with Gasteiger partial charge in [0.05, 0.1) is 18.3 Å². The van der Waals surface area contributed by atoms with Crippen molar-refractivity contribution in [2.24, 2.45) is 0 Å². The van der Waals surface area contributed by atoms with E-state index in [1.54, 1.807) is 7.05 Å². The van der Waals surface area contributed by atoms with Crippen LogP contribution in [0.4, 0.5) is 0 Å². The van der Waals surface area contributed by atoms with Crippen LogP contribution in [0.25, 0.3) is 21.3 Å². The largest absolute Gasteiger partial charge is 0.352 e. The third kappa shape index (κ3) is 4.07. The number of thiophene rings is 1. The van der Waals surface area contributed by atoms with Crippen LogP contribution in [0.2, 0.25) is 0 Å². The maximum atomic E-state index is 13.1. The number of hydrogen-bond acceptors (Lipinski definition) is 5. The zero-order valence-electron chi connectivity index (χ0n) is 16.3. The van der Waals surface area contributed by atoms with Crippen molar-refractivity contribution < 1.29 is 9.59 Å². The highest BCUT2D eigenvalue weighted by Crippen LogP contribution is 2.35. The van der Waals surface area contributed by atoms with Gasteiger partial charge in [-0.2, -0.15) is 0 Å². The van der Waals surface area contributed by atoms with Gasteiger partial charge in [0.2, 0.25) is 11.8 Å². The lowest BCUT2D eigenvalue weighted by molar-refractivity contribution is -0.135. The molecule has 1 fully saturated rings. The summed E-state index contributed by atoms with van der Waals surface area (Å²) in [6.45, 7) is 1.79. The first-order chi connectivity index (χ1) is 13.9. The van der Waals surface area contributed by atoms with E-state index in [9.17, 15) is 14.4 Å². The van der Waals surface area contributed by atoms with E-state index in [0.29, 0.717) is 10.2 Å². The summed E-state index contributed by atoms with van der Waals surface area (Å²) in [6.07, 6.45) is 3.40. The van der Waals surface area contributed by atoms with Gasteiger partial charge >= 0.3 is 0 Å². The standard InChI is InChI=1S/C21H22N4O3S/c1-13-18(14-6-4-3-5-7-14)19-20(29-13)22-12-25(21(19)28)11-17(27)24(2)10-16(26)23-15-8-9-15/h3-7,12,15H,8-11H2,1-2H3,(H,23,26). The van der Waals surface area contributed by atoms with Crippen LogP contribution in [0.3, 0.4) is 0 Å². The lowest BCUT2D eigenvalue weighted by Crippen LogP contribution is -2.41. The van der Waals surface area contributed by atoms with Gasteiger partial charge in [0.15, 0.2) is 0 Å². The van der Waals surface area contributed by atoms with Crippen LogP contribution in [0.1, 0.15) is 17.7 Å². The molecule has 0 bridgehead atoms. The molecule has 29 heavy (non-hydrogen) atoms. The maximum absolute atomic E-state index is 13.1. The number of nitrogens with one attached hydrogen (secondary N) is 1. The number of amides is 2. The van der Waals surface area contributed by atoms with Crippen molar-refractivity contribution in [2.75, 3.05) is 13.6 Å². The molecule has 0 aliphatic heterocycles. The molecule has 2 heterocycles. The average Bonchev–Trinajstić information content (AvgIpc) is 3.44. The molecule has 0 radical (unpaired) electrons. The van der Waals surface area contributed by atoms with E-state index >= 15 is 0 Å². The molecule has 1 aromatic carbocycles. The van der Waals surface area contributed by atoms with E-state index in [-0.39, 0.29) is 36.5 Å². The minimum atomic E-state index is -0.313. The van der Waals surface area contributed by atoms with Crippen LogP contribution in [-0.2, 0) is 16.1 Å². The molecule has 1 aliphatic carbocycles. The second-order valence-corrected chi connectivity index (χ2v) is 8.55. The number of rotatable bonds is 6. The van der Waals surface area contributed by atoms with Crippen LogP contribution in [0, 0.1) is 6.92 Å². The van der Waals surface area contributed by atoms with Gasteiger partial charge in [0.1, 0.15) is 11.4 Å². The molecule has 4 rings (SSSR count). The van der Waals surface area contributed by atoms with Crippen LogP contribution >= 0.6 is 11.3 Å². The third-order valence-corrected chi connectivity index (χ3v) is 5.99.